The number of sulfonamides is 1. The minimum atomic E-state index is -3.64. The summed E-state index contributed by atoms with van der Waals surface area (Å²) in [6.07, 6.45) is 3.62. The van der Waals surface area contributed by atoms with Crippen molar-refractivity contribution in [3.8, 4) is 11.4 Å². The molecule has 2 aliphatic rings. The van der Waals surface area contributed by atoms with Crippen molar-refractivity contribution in [2.45, 2.75) is 42.7 Å². The van der Waals surface area contributed by atoms with Gasteiger partial charge in [-0.05, 0) is 31.4 Å². The Labute approximate surface area is 197 Å². The number of aromatic nitrogens is 2. The van der Waals surface area contributed by atoms with Gasteiger partial charge < -0.3 is 9.42 Å². The maximum Gasteiger partial charge on any atom is 0.252 e. The molecule has 1 saturated carbocycles. The molecular formula is C23H26N4O4S2. The lowest BCUT2D eigenvalue weighted by atomic mass is 9.85. The second-order valence-electron chi connectivity index (χ2n) is 8.69. The van der Waals surface area contributed by atoms with Crippen LogP contribution in [0.2, 0.25) is 0 Å². The number of thiophene rings is 1. The van der Waals surface area contributed by atoms with Crippen molar-refractivity contribution in [3.05, 3.63) is 52.7 Å². The summed E-state index contributed by atoms with van der Waals surface area (Å²) in [5, 5.41) is 5.79. The van der Waals surface area contributed by atoms with Crippen LogP contribution >= 0.6 is 11.3 Å². The van der Waals surface area contributed by atoms with Crippen molar-refractivity contribution in [1.82, 2.24) is 19.3 Å². The first-order valence-electron chi connectivity index (χ1n) is 11.2. The molecule has 0 atom stereocenters. The molecule has 1 aromatic carbocycles. The van der Waals surface area contributed by atoms with Crippen molar-refractivity contribution in [2.75, 3.05) is 26.2 Å². The smallest absolute Gasteiger partial charge is 0.252 e. The lowest BCUT2D eigenvalue weighted by molar-refractivity contribution is -0.131. The molecule has 1 aliphatic carbocycles. The van der Waals surface area contributed by atoms with Gasteiger partial charge >= 0.3 is 0 Å². The number of nitrogens with zero attached hydrogens (tertiary/aromatic N) is 4. The zero-order valence-electron chi connectivity index (χ0n) is 18.4. The molecule has 0 spiro atoms. The first-order valence-corrected chi connectivity index (χ1v) is 13.5. The van der Waals surface area contributed by atoms with E-state index < -0.39 is 10.0 Å². The number of hydrogen-bond acceptors (Lipinski definition) is 7. The first kappa shape index (κ1) is 22.2. The van der Waals surface area contributed by atoms with Gasteiger partial charge in [0.1, 0.15) is 4.21 Å². The Kier molecular flexibility index (Phi) is 6.07. The van der Waals surface area contributed by atoms with Gasteiger partial charge in [0, 0.05) is 43.0 Å². The molecule has 2 aromatic heterocycles. The van der Waals surface area contributed by atoms with Gasteiger partial charge in [-0.3, -0.25) is 4.79 Å². The highest BCUT2D eigenvalue weighted by Gasteiger charge is 2.32. The minimum absolute atomic E-state index is 0.0219. The average Bonchev–Trinajstić information content (AvgIpc) is 3.44. The quantitative estimate of drug-likeness (QED) is 0.529. The predicted molar refractivity (Wildman–Crippen MR) is 124 cm³/mol. The molecule has 5 rings (SSSR count). The molecule has 1 amide bonds. The Morgan fingerprint density at radius 3 is 2.55 bits per heavy atom. The van der Waals surface area contributed by atoms with Crippen LogP contribution in [-0.2, 0) is 21.2 Å². The van der Waals surface area contributed by atoms with Gasteiger partial charge in [-0.2, -0.15) is 9.29 Å². The van der Waals surface area contributed by atoms with Crippen LogP contribution in [0.1, 0.15) is 42.2 Å². The standard InChI is InChI=1S/C23H26N4O4S2/c1-16-5-7-17(8-6-16)13-20(28)26-9-11-27(12-10-26)33(29,30)21-14-19(15-32-21)22-24-23(31-25-22)18-3-2-4-18/h5-8,14-15,18H,2-4,9-13H2,1H3. The lowest BCUT2D eigenvalue weighted by Gasteiger charge is -2.33. The Bertz CT molecular complexity index is 1240. The van der Waals surface area contributed by atoms with Crippen LogP contribution in [-0.4, -0.2) is 59.8 Å². The average molecular weight is 487 g/mol. The molecule has 0 bridgehead atoms. The molecular weight excluding hydrogens is 460 g/mol. The zero-order chi connectivity index (χ0) is 23.0. The molecule has 3 heterocycles. The SMILES string of the molecule is Cc1ccc(CC(=O)N2CCN(S(=O)(=O)c3cc(-c4noc(C5CCC5)n4)cs3)CC2)cc1. The molecule has 0 unspecified atom stereocenters. The molecule has 33 heavy (non-hydrogen) atoms. The number of rotatable bonds is 6. The fraction of sp³-hybridized carbons (Fsp3) is 0.435. The van der Waals surface area contributed by atoms with Crippen LogP contribution in [0.25, 0.3) is 11.4 Å². The molecule has 1 aliphatic heterocycles. The van der Waals surface area contributed by atoms with E-state index in [1.54, 1.807) is 16.3 Å². The third-order valence-electron chi connectivity index (χ3n) is 6.39. The van der Waals surface area contributed by atoms with E-state index >= 15 is 0 Å². The summed E-state index contributed by atoms with van der Waals surface area (Å²) in [7, 11) is -3.64. The van der Waals surface area contributed by atoms with Gasteiger partial charge in [-0.1, -0.05) is 41.4 Å². The third kappa shape index (κ3) is 4.60. The summed E-state index contributed by atoms with van der Waals surface area (Å²) in [6, 6.07) is 9.52. The van der Waals surface area contributed by atoms with Gasteiger partial charge in [-0.15, -0.1) is 11.3 Å². The number of benzene rings is 1. The van der Waals surface area contributed by atoms with Crippen molar-refractivity contribution < 1.29 is 17.7 Å². The summed E-state index contributed by atoms with van der Waals surface area (Å²) >= 11 is 1.16. The van der Waals surface area contributed by atoms with Gasteiger partial charge in [-0.25, -0.2) is 8.42 Å². The fourth-order valence-corrected chi connectivity index (χ4v) is 6.77. The number of carbonyl (C=O) groups excluding carboxylic acids is 1. The van der Waals surface area contributed by atoms with E-state index in [-0.39, 0.29) is 23.2 Å². The maximum absolute atomic E-state index is 13.2. The molecule has 0 N–H and O–H groups in total. The molecule has 2 fully saturated rings. The van der Waals surface area contributed by atoms with Crippen molar-refractivity contribution in [2.24, 2.45) is 0 Å². The summed E-state index contributed by atoms with van der Waals surface area (Å²) < 4.78 is 33.4. The topological polar surface area (TPSA) is 96.6 Å². The van der Waals surface area contributed by atoms with Crippen LogP contribution in [0.3, 0.4) is 0 Å². The zero-order valence-corrected chi connectivity index (χ0v) is 20.1. The molecule has 10 heteroatoms. The highest BCUT2D eigenvalue weighted by atomic mass is 32.2. The van der Waals surface area contributed by atoms with E-state index in [4.69, 9.17) is 4.52 Å². The highest BCUT2D eigenvalue weighted by Crippen LogP contribution is 2.37. The van der Waals surface area contributed by atoms with Crippen LogP contribution in [0.5, 0.6) is 0 Å². The molecule has 0 radical (unpaired) electrons. The predicted octanol–water partition coefficient (Wildman–Crippen LogP) is 3.45. The van der Waals surface area contributed by atoms with Gasteiger partial charge in [0.2, 0.25) is 17.6 Å². The van der Waals surface area contributed by atoms with Crippen molar-refractivity contribution >= 4 is 27.3 Å². The normalized spacial score (nSPS) is 17.8. The Morgan fingerprint density at radius 2 is 1.88 bits per heavy atom. The second-order valence-corrected chi connectivity index (χ2v) is 11.8. The van der Waals surface area contributed by atoms with Crippen LogP contribution in [0.4, 0.5) is 0 Å². The Hall–Kier alpha value is -2.56. The van der Waals surface area contributed by atoms with E-state index in [1.807, 2.05) is 31.2 Å². The lowest BCUT2D eigenvalue weighted by Crippen LogP contribution is -2.50. The largest absolute Gasteiger partial charge is 0.340 e. The van der Waals surface area contributed by atoms with E-state index in [9.17, 15) is 13.2 Å². The first-order chi connectivity index (χ1) is 15.9. The number of hydrogen-bond donors (Lipinski definition) is 0. The second kappa shape index (κ2) is 9.00. The third-order valence-corrected chi connectivity index (χ3v) is 9.70. The highest BCUT2D eigenvalue weighted by molar-refractivity contribution is 7.91. The number of carbonyl (C=O) groups is 1. The van der Waals surface area contributed by atoms with Crippen molar-refractivity contribution in [1.29, 1.82) is 0 Å². The van der Waals surface area contributed by atoms with E-state index in [0.717, 1.165) is 35.3 Å². The molecule has 1 saturated heterocycles. The minimum Gasteiger partial charge on any atom is -0.340 e. The van der Waals surface area contributed by atoms with Crippen LogP contribution in [0, 0.1) is 6.92 Å². The summed E-state index contributed by atoms with van der Waals surface area (Å²) in [5.41, 5.74) is 2.77. The molecule has 8 nitrogen and oxygen atoms in total. The maximum atomic E-state index is 13.2. The monoisotopic (exact) mass is 486 g/mol. The summed E-state index contributed by atoms with van der Waals surface area (Å²) in [4.78, 5) is 18.9. The molecule has 174 valence electrons. The van der Waals surface area contributed by atoms with Crippen LogP contribution in [0.15, 0.2) is 44.4 Å². The number of piperazine rings is 1. The van der Waals surface area contributed by atoms with Gasteiger partial charge in [0.05, 0.1) is 6.42 Å². The van der Waals surface area contributed by atoms with Crippen molar-refractivity contribution in [3.63, 3.8) is 0 Å². The Morgan fingerprint density at radius 1 is 1.15 bits per heavy atom. The summed E-state index contributed by atoms with van der Waals surface area (Å²) in [5.74, 6) is 1.42. The molecule has 3 aromatic rings. The Balaban J connectivity index is 1.21. The fourth-order valence-electron chi connectivity index (χ4n) is 4.04. The van der Waals surface area contributed by atoms with E-state index in [1.165, 1.54) is 10.7 Å². The van der Waals surface area contributed by atoms with Crippen LogP contribution < -0.4 is 0 Å². The van der Waals surface area contributed by atoms with E-state index in [0.29, 0.717) is 42.7 Å². The number of aryl methyl sites for hydroxylation is 1. The van der Waals surface area contributed by atoms with Gasteiger partial charge in [0.25, 0.3) is 10.0 Å². The van der Waals surface area contributed by atoms with Gasteiger partial charge in [0.15, 0.2) is 0 Å². The summed E-state index contributed by atoms with van der Waals surface area (Å²) in [6.45, 7) is 3.35. The van der Waals surface area contributed by atoms with E-state index in [2.05, 4.69) is 10.1 Å². The number of amides is 1.